The Morgan fingerprint density at radius 2 is 1.86 bits per heavy atom. The molecule has 0 spiro atoms. The molecule has 184 valence electrons. The molecule has 4 heteroatoms. The zero-order chi connectivity index (χ0) is 24.8. The van der Waals surface area contributed by atoms with Crippen molar-refractivity contribution < 1.29 is 9.53 Å². The van der Waals surface area contributed by atoms with Crippen molar-refractivity contribution in [2.24, 2.45) is 5.92 Å². The summed E-state index contributed by atoms with van der Waals surface area (Å²) in [6.07, 6.45) is 1.13. The van der Waals surface area contributed by atoms with E-state index in [2.05, 4.69) is 97.7 Å². The summed E-state index contributed by atoms with van der Waals surface area (Å²) >= 11 is 0. The summed E-state index contributed by atoms with van der Waals surface area (Å²) in [5, 5.41) is 3.02. The van der Waals surface area contributed by atoms with Gasteiger partial charge in [0, 0.05) is 19.6 Å². The van der Waals surface area contributed by atoms with E-state index in [9.17, 15) is 4.79 Å². The fraction of sp³-hybridized carbons (Fsp3) is 0.387. The maximum absolute atomic E-state index is 12.7. The van der Waals surface area contributed by atoms with Crippen molar-refractivity contribution in [2.45, 2.75) is 59.2 Å². The third kappa shape index (κ3) is 6.32. The van der Waals surface area contributed by atoms with Crippen LogP contribution >= 0.6 is 0 Å². The van der Waals surface area contributed by atoms with Gasteiger partial charge in [0.1, 0.15) is 5.75 Å². The predicted molar refractivity (Wildman–Crippen MR) is 143 cm³/mol. The lowest BCUT2D eigenvalue weighted by atomic mass is 9.87. The van der Waals surface area contributed by atoms with Crippen molar-refractivity contribution in [2.75, 3.05) is 13.1 Å². The van der Waals surface area contributed by atoms with Gasteiger partial charge in [0.15, 0.2) is 6.10 Å². The number of nitrogens with zero attached hydrogens (tertiary/aromatic N) is 1. The Labute approximate surface area is 210 Å². The second kappa shape index (κ2) is 11.5. The molecule has 35 heavy (non-hydrogen) atoms. The molecule has 4 rings (SSSR count). The van der Waals surface area contributed by atoms with Crippen molar-refractivity contribution in [1.29, 1.82) is 0 Å². The predicted octanol–water partition coefficient (Wildman–Crippen LogP) is 6.07. The van der Waals surface area contributed by atoms with Gasteiger partial charge in [-0.3, -0.25) is 9.69 Å². The second-order valence-corrected chi connectivity index (χ2v) is 10.0. The highest BCUT2D eigenvalue weighted by Crippen LogP contribution is 2.38. The number of benzene rings is 3. The summed E-state index contributed by atoms with van der Waals surface area (Å²) in [5.74, 6) is 1.12. The largest absolute Gasteiger partial charge is 0.481 e. The molecule has 4 nitrogen and oxygen atoms in total. The minimum Gasteiger partial charge on any atom is -0.481 e. The Bertz CT molecular complexity index is 1130. The Morgan fingerprint density at radius 3 is 2.57 bits per heavy atom. The Morgan fingerprint density at radius 1 is 1.06 bits per heavy atom. The fourth-order valence-electron chi connectivity index (χ4n) is 4.86. The number of hydrogen-bond acceptors (Lipinski definition) is 3. The van der Waals surface area contributed by atoms with Crippen LogP contribution in [0.25, 0.3) is 0 Å². The highest BCUT2D eigenvalue weighted by Gasteiger charge is 2.30. The number of nitrogens with one attached hydrogen (secondary N) is 1. The molecule has 0 bridgehead atoms. The van der Waals surface area contributed by atoms with E-state index in [-0.39, 0.29) is 11.9 Å². The van der Waals surface area contributed by atoms with Gasteiger partial charge < -0.3 is 10.1 Å². The van der Waals surface area contributed by atoms with Crippen LogP contribution in [-0.4, -0.2) is 30.0 Å². The number of fused-ring (bicyclic) bond motifs is 1. The zero-order valence-corrected chi connectivity index (χ0v) is 21.5. The van der Waals surface area contributed by atoms with Crippen molar-refractivity contribution in [3.05, 3.63) is 101 Å². The Balaban J connectivity index is 1.63. The van der Waals surface area contributed by atoms with E-state index in [0.717, 1.165) is 25.3 Å². The number of amides is 1. The minimum atomic E-state index is -0.492. The first kappa shape index (κ1) is 25.0. The van der Waals surface area contributed by atoms with Crippen molar-refractivity contribution in [3.8, 4) is 5.75 Å². The van der Waals surface area contributed by atoms with Crippen LogP contribution in [0.5, 0.6) is 5.75 Å². The van der Waals surface area contributed by atoms with Crippen LogP contribution in [0, 0.1) is 12.8 Å². The summed E-state index contributed by atoms with van der Waals surface area (Å²) in [4.78, 5) is 15.3. The van der Waals surface area contributed by atoms with E-state index in [1.54, 1.807) is 0 Å². The fourth-order valence-corrected chi connectivity index (χ4v) is 4.86. The minimum absolute atomic E-state index is 0.0420. The summed E-state index contributed by atoms with van der Waals surface area (Å²) in [5.41, 5.74) is 6.51. The number of ether oxygens (including phenoxy) is 1. The van der Waals surface area contributed by atoms with Crippen LogP contribution in [-0.2, 0) is 17.8 Å². The highest BCUT2D eigenvalue weighted by molar-refractivity contribution is 5.81. The average molecular weight is 471 g/mol. The third-order valence-electron chi connectivity index (χ3n) is 6.65. The lowest BCUT2D eigenvalue weighted by molar-refractivity contribution is -0.128. The molecule has 3 aromatic rings. The summed E-state index contributed by atoms with van der Waals surface area (Å²) in [7, 11) is 0. The Hall–Kier alpha value is -3.11. The Kier molecular flexibility index (Phi) is 8.25. The molecule has 0 unspecified atom stereocenters. The van der Waals surface area contributed by atoms with Crippen molar-refractivity contribution >= 4 is 5.91 Å². The van der Waals surface area contributed by atoms with E-state index < -0.39 is 6.10 Å². The van der Waals surface area contributed by atoms with Crippen LogP contribution in [0.15, 0.2) is 72.8 Å². The first-order chi connectivity index (χ1) is 16.9. The number of carbonyl (C=O) groups excluding carboxylic acids is 1. The van der Waals surface area contributed by atoms with Crippen molar-refractivity contribution in [1.82, 2.24) is 10.2 Å². The van der Waals surface area contributed by atoms with Gasteiger partial charge in [-0.2, -0.15) is 0 Å². The van der Waals surface area contributed by atoms with Crippen LogP contribution < -0.4 is 10.1 Å². The number of carbonyl (C=O) groups is 1. The normalized spacial score (nSPS) is 16.5. The lowest BCUT2D eigenvalue weighted by Gasteiger charge is -2.38. The van der Waals surface area contributed by atoms with E-state index in [4.69, 9.17) is 4.74 Å². The zero-order valence-electron chi connectivity index (χ0n) is 21.5. The average Bonchev–Trinajstić information content (AvgIpc) is 2.86. The van der Waals surface area contributed by atoms with Gasteiger partial charge in [0.2, 0.25) is 0 Å². The molecule has 1 amide bonds. The third-order valence-corrected chi connectivity index (χ3v) is 6.65. The molecule has 0 saturated heterocycles. The maximum atomic E-state index is 12.7. The van der Waals surface area contributed by atoms with E-state index in [1.165, 1.54) is 27.8 Å². The van der Waals surface area contributed by atoms with Gasteiger partial charge in [0.25, 0.3) is 5.91 Å². The van der Waals surface area contributed by atoms with Crippen LogP contribution in [0.1, 0.15) is 61.1 Å². The lowest BCUT2D eigenvalue weighted by Crippen LogP contribution is -2.39. The van der Waals surface area contributed by atoms with Gasteiger partial charge in [-0.15, -0.1) is 0 Å². The van der Waals surface area contributed by atoms with Gasteiger partial charge >= 0.3 is 0 Å². The first-order valence-corrected chi connectivity index (χ1v) is 12.9. The molecular formula is C31H38N2O2. The standard InChI is InChI=1S/C31H38N2O2/c1-5-29(31(34)32-20-22(2)3)35-27-15-14-25-16-17-33(21-24-11-9-10-23(4)18-24)30(28(25)19-27)26-12-7-6-8-13-26/h6-15,18-19,22,29-30H,5,16-17,20-21H2,1-4H3,(H,32,34)/t29-,30-/m0/s1. The molecule has 2 atom stereocenters. The topological polar surface area (TPSA) is 41.6 Å². The molecule has 1 heterocycles. The molecule has 1 aliphatic heterocycles. The smallest absolute Gasteiger partial charge is 0.261 e. The molecule has 0 radical (unpaired) electrons. The first-order valence-electron chi connectivity index (χ1n) is 12.9. The highest BCUT2D eigenvalue weighted by atomic mass is 16.5. The van der Waals surface area contributed by atoms with Gasteiger partial charge in [-0.1, -0.05) is 87.0 Å². The molecule has 3 aromatic carbocycles. The summed E-state index contributed by atoms with van der Waals surface area (Å²) in [6, 6.07) is 26.0. The van der Waals surface area contributed by atoms with Crippen LogP contribution in [0.2, 0.25) is 0 Å². The number of hydrogen-bond donors (Lipinski definition) is 1. The molecule has 0 aromatic heterocycles. The van der Waals surface area contributed by atoms with Gasteiger partial charge in [-0.05, 0) is 60.1 Å². The van der Waals surface area contributed by atoms with Crippen molar-refractivity contribution in [3.63, 3.8) is 0 Å². The van der Waals surface area contributed by atoms with E-state index in [0.29, 0.717) is 18.9 Å². The summed E-state index contributed by atoms with van der Waals surface area (Å²) in [6.45, 7) is 10.9. The number of rotatable bonds is 9. The van der Waals surface area contributed by atoms with E-state index in [1.807, 2.05) is 13.0 Å². The van der Waals surface area contributed by atoms with E-state index >= 15 is 0 Å². The van der Waals surface area contributed by atoms with Gasteiger partial charge in [0.05, 0.1) is 6.04 Å². The second-order valence-electron chi connectivity index (χ2n) is 10.0. The summed E-state index contributed by atoms with van der Waals surface area (Å²) < 4.78 is 6.25. The van der Waals surface area contributed by atoms with Crippen LogP contribution in [0.3, 0.4) is 0 Å². The maximum Gasteiger partial charge on any atom is 0.261 e. The van der Waals surface area contributed by atoms with Crippen LogP contribution in [0.4, 0.5) is 0 Å². The SMILES string of the molecule is CC[C@H](Oc1ccc2c(c1)[C@H](c1ccccc1)N(Cc1cccc(C)c1)CC2)C(=O)NCC(C)C. The quantitative estimate of drug-likeness (QED) is 0.413. The molecule has 0 saturated carbocycles. The van der Waals surface area contributed by atoms with Gasteiger partial charge in [-0.25, -0.2) is 0 Å². The molecule has 1 aliphatic rings. The number of aryl methyl sites for hydroxylation is 1. The molecule has 0 fully saturated rings. The molecule has 0 aliphatic carbocycles. The molecule has 1 N–H and O–H groups in total. The monoisotopic (exact) mass is 470 g/mol. The molecular weight excluding hydrogens is 432 g/mol.